The van der Waals surface area contributed by atoms with E-state index in [9.17, 15) is 10.1 Å². The van der Waals surface area contributed by atoms with Gasteiger partial charge in [-0.2, -0.15) is 0 Å². The van der Waals surface area contributed by atoms with Gasteiger partial charge in [-0.3, -0.25) is 10.1 Å². The Balaban J connectivity index is 1.96. The van der Waals surface area contributed by atoms with Crippen LogP contribution in [0.4, 0.5) is 11.4 Å². The van der Waals surface area contributed by atoms with E-state index in [1.54, 1.807) is 6.07 Å². The Morgan fingerprint density at radius 3 is 2.85 bits per heavy atom. The van der Waals surface area contributed by atoms with Gasteiger partial charge in [0, 0.05) is 25.2 Å². The van der Waals surface area contributed by atoms with Gasteiger partial charge in [-0.05, 0) is 51.3 Å². The predicted molar refractivity (Wildman–Crippen MR) is 81.1 cm³/mol. The quantitative estimate of drug-likeness (QED) is 0.664. The highest BCUT2D eigenvalue weighted by atomic mass is 16.6. The first-order chi connectivity index (χ1) is 9.47. The van der Waals surface area contributed by atoms with Gasteiger partial charge in [-0.15, -0.1) is 0 Å². The number of aryl methyl sites for hydroxylation is 1. The molecule has 0 saturated carbocycles. The molecule has 0 aliphatic carbocycles. The van der Waals surface area contributed by atoms with Crippen LogP contribution >= 0.6 is 0 Å². The summed E-state index contributed by atoms with van der Waals surface area (Å²) in [6, 6.07) is 5.92. The van der Waals surface area contributed by atoms with E-state index in [0.717, 1.165) is 31.6 Å². The third-order valence-electron chi connectivity index (χ3n) is 3.98. The monoisotopic (exact) mass is 277 g/mol. The second-order valence-corrected chi connectivity index (χ2v) is 5.90. The third-order valence-corrected chi connectivity index (χ3v) is 3.98. The molecule has 110 valence electrons. The normalized spacial score (nSPS) is 19.5. The van der Waals surface area contributed by atoms with E-state index in [0.29, 0.717) is 17.6 Å². The molecule has 0 spiro atoms. The minimum absolute atomic E-state index is 0.170. The fourth-order valence-electron chi connectivity index (χ4n) is 2.69. The number of anilines is 1. The summed E-state index contributed by atoms with van der Waals surface area (Å²) in [4.78, 5) is 13.2. The van der Waals surface area contributed by atoms with Crippen LogP contribution in [0.1, 0.15) is 25.8 Å². The average Bonchev–Trinajstić information content (AvgIpc) is 2.86. The second-order valence-electron chi connectivity index (χ2n) is 5.90. The van der Waals surface area contributed by atoms with E-state index in [1.165, 1.54) is 0 Å². The van der Waals surface area contributed by atoms with Gasteiger partial charge in [0.25, 0.3) is 5.69 Å². The molecule has 1 N–H and O–H groups in total. The van der Waals surface area contributed by atoms with Crippen molar-refractivity contribution in [1.29, 1.82) is 0 Å². The van der Waals surface area contributed by atoms with Crippen LogP contribution < -0.4 is 5.32 Å². The Bertz CT molecular complexity index is 488. The first-order valence-corrected chi connectivity index (χ1v) is 7.20. The summed E-state index contributed by atoms with van der Waals surface area (Å²) >= 11 is 0. The highest BCUT2D eigenvalue weighted by Gasteiger charge is 2.24. The zero-order valence-corrected chi connectivity index (χ0v) is 12.4. The molecule has 1 unspecified atom stereocenters. The Hall–Kier alpha value is -1.62. The summed E-state index contributed by atoms with van der Waals surface area (Å²) < 4.78 is 0. The number of benzene rings is 1. The zero-order chi connectivity index (χ0) is 14.7. The summed E-state index contributed by atoms with van der Waals surface area (Å²) in [5.41, 5.74) is 1.71. The third kappa shape index (κ3) is 3.48. The molecule has 1 atom stereocenters. The lowest BCUT2D eigenvalue weighted by atomic mass is 10.1. The Morgan fingerprint density at radius 2 is 2.25 bits per heavy atom. The van der Waals surface area contributed by atoms with Crippen LogP contribution in [0, 0.1) is 23.0 Å². The van der Waals surface area contributed by atoms with Gasteiger partial charge in [0.15, 0.2) is 0 Å². The van der Waals surface area contributed by atoms with Crippen molar-refractivity contribution in [2.45, 2.75) is 33.2 Å². The van der Waals surface area contributed by atoms with Crippen molar-refractivity contribution >= 4 is 11.4 Å². The molecule has 20 heavy (non-hydrogen) atoms. The summed E-state index contributed by atoms with van der Waals surface area (Å²) in [5, 5.41) is 14.3. The minimum Gasteiger partial charge on any atom is -0.379 e. The Kier molecular flexibility index (Phi) is 4.60. The molecule has 1 aromatic carbocycles. The van der Waals surface area contributed by atoms with E-state index in [-0.39, 0.29) is 10.6 Å². The number of likely N-dealkylation sites (tertiary alicyclic amines) is 1. The molecule has 0 aromatic heterocycles. The highest BCUT2D eigenvalue weighted by molar-refractivity contribution is 5.62. The van der Waals surface area contributed by atoms with Crippen molar-refractivity contribution in [2.75, 3.05) is 25.0 Å². The molecule has 2 rings (SSSR count). The van der Waals surface area contributed by atoms with Gasteiger partial charge in [0.2, 0.25) is 0 Å². The molecule has 0 radical (unpaired) electrons. The largest absolute Gasteiger partial charge is 0.379 e. The lowest BCUT2D eigenvalue weighted by Gasteiger charge is -2.20. The maximum atomic E-state index is 11.1. The highest BCUT2D eigenvalue weighted by Crippen LogP contribution is 2.26. The summed E-state index contributed by atoms with van der Waals surface area (Å²) in [7, 11) is 0. The SMILES string of the molecule is Cc1ccc(NCC2CCN(C(C)C)C2)c([N+](=O)[O-])c1. The predicted octanol–water partition coefficient (Wildman–Crippen LogP) is 3.05. The van der Waals surface area contributed by atoms with E-state index in [2.05, 4.69) is 24.1 Å². The van der Waals surface area contributed by atoms with Gasteiger partial charge >= 0.3 is 0 Å². The molecule has 1 heterocycles. The molecule has 1 fully saturated rings. The topological polar surface area (TPSA) is 58.4 Å². The van der Waals surface area contributed by atoms with Crippen LogP contribution in [0.5, 0.6) is 0 Å². The standard InChI is InChI=1S/C15H23N3O2/c1-11(2)17-7-6-13(10-17)9-16-14-5-4-12(3)8-15(14)18(19)20/h4-5,8,11,13,16H,6-7,9-10H2,1-3H3. The first kappa shape index (κ1) is 14.8. The maximum absolute atomic E-state index is 11.1. The van der Waals surface area contributed by atoms with Crippen molar-refractivity contribution in [3.05, 3.63) is 33.9 Å². The molecular weight excluding hydrogens is 254 g/mol. The van der Waals surface area contributed by atoms with E-state index in [1.807, 2.05) is 19.1 Å². The molecule has 0 bridgehead atoms. The summed E-state index contributed by atoms with van der Waals surface area (Å²) in [6.45, 7) is 9.28. The van der Waals surface area contributed by atoms with Crippen LogP contribution in [-0.4, -0.2) is 35.5 Å². The molecular formula is C15H23N3O2. The van der Waals surface area contributed by atoms with E-state index >= 15 is 0 Å². The lowest BCUT2D eigenvalue weighted by molar-refractivity contribution is -0.384. The summed E-state index contributed by atoms with van der Waals surface area (Å²) in [6.07, 6.45) is 1.16. The van der Waals surface area contributed by atoms with Crippen LogP contribution in [0.3, 0.4) is 0 Å². The van der Waals surface area contributed by atoms with Crippen molar-refractivity contribution in [2.24, 2.45) is 5.92 Å². The van der Waals surface area contributed by atoms with Gasteiger partial charge in [-0.1, -0.05) is 6.07 Å². The number of nitro benzene ring substituents is 1. The summed E-state index contributed by atoms with van der Waals surface area (Å²) in [5.74, 6) is 0.568. The smallest absolute Gasteiger partial charge is 0.292 e. The van der Waals surface area contributed by atoms with E-state index < -0.39 is 0 Å². The number of hydrogen-bond acceptors (Lipinski definition) is 4. The lowest BCUT2D eigenvalue weighted by Crippen LogP contribution is -2.29. The zero-order valence-electron chi connectivity index (χ0n) is 12.4. The van der Waals surface area contributed by atoms with Gasteiger partial charge in [-0.25, -0.2) is 0 Å². The fourth-order valence-corrected chi connectivity index (χ4v) is 2.69. The van der Waals surface area contributed by atoms with E-state index in [4.69, 9.17) is 0 Å². The van der Waals surface area contributed by atoms with Crippen LogP contribution in [-0.2, 0) is 0 Å². The number of nitrogens with one attached hydrogen (secondary N) is 1. The van der Waals surface area contributed by atoms with Crippen LogP contribution in [0.25, 0.3) is 0 Å². The van der Waals surface area contributed by atoms with Gasteiger partial charge in [0.05, 0.1) is 4.92 Å². The molecule has 1 saturated heterocycles. The van der Waals surface area contributed by atoms with Gasteiger partial charge in [0.1, 0.15) is 5.69 Å². The fraction of sp³-hybridized carbons (Fsp3) is 0.600. The van der Waals surface area contributed by atoms with Crippen molar-refractivity contribution in [3.8, 4) is 0 Å². The molecule has 1 aromatic rings. The number of nitro groups is 1. The number of hydrogen-bond donors (Lipinski definition) is 1. The van der Waals surface area contributed by atoms with Crippen LogP contribution in [0.2, 0.25) is 0 Å². The van der Waals surface area contributed by atoms with Crippen molar-refractivity contribution < 1.29 is 4.92 Å². The molecule has 0 amide bonds. The number of nitrogens with zero attached hydrogens (tertiary/aromatic N) is 2. The first-order valence-electron chi connectivity index (χ1n) is 7.20. The molecule has 5 heteroatoms. The minimum atomic E-state index is -0.315. The Morgan fingerprint density at radius 1 is 1.50 bits per heavy atom. The van der Waals surface area contributed by atoms with Crippen molar-refractivity contribution in [3.63, 3.8) is 0 Å². The average molecular weight is 277 g/mol. The number of rotatable bonds is 5. The molecule has 5 nitrogen and oxygen atoms in total. The van der Waals surface area contributed by atoms with Crippen LogP contribution in [0.15, 0.2) is 18.2 Å². The molecule has 1 aliphatic heterocycles. The Labute approximate surface area is 120 Å². The van der Waals surface area contributed by atoms with Crippen molar-refractivity contribution in [1.82, 2.24) is 4.90 Å². The second kappa shape index (κ2) is 6.22. The molecule has 1 aliphatic rings. The maximum Gasteiger partial charge on any atom is 0.292 e. The van der Waals surface area contributed by atoms with Gasteiger partial charge < -0.3 is 10.2 Å².